The van der Waals surface area contributed by atoms with Crippen molar-refractivity contribution < 1.29 is 14.6 Å². The summed E-state index contributed by atoms with van der Waals surface area (Å²) in [7, 11) is 0. The third kappa shape index (κ3) is 3.89. The minimum absolute atomic E-state index is 0.121. The second-order valence-electron chi connectivity index (χ2n) is 5.63. The second-order valence-corrected chi connectivity index (χ2v) is 5.63. The van der Waals surface area contributed by atoms with Crippen LogP contribution in [-0.2, 0) is 9.53 Å². The molecule has 2 fully saturated rings. The third-order valence-electron chi connectivity index (χ3n) is 3.98. The Kier molecular flexibility index (Phi) is 5.15. The van der Waals surface area contributed by atoms with Crippen LogP contribution in [0, 0.1) is 0 Å². The van der Waals surface area contributed by atoms with Crippen molar-refractivity contribution in [3.8, 4) is 0 Å². The van der Waals surface area contributed by atoms with E-state index >= 15 is 0 Å². The number of rotatable bonds is 4. The van der Waals surface area contributed by atoms with Crippen LogP contribution in [0.25, 0.3) is 0 Å². The summed E-state index contributed by atoms with van der Waals surface area (Å²) in [5.41, 5.74) is 0. The van der Waals surface area contributed by atoms with Gasteiger partial charge in [0.2, 0.25) is 0 Å². The molecule has 0 aromatic rings. The molecule has 6 heteroatoms. The smallest absolute Gasteiger partial charge is 0.322 e. The number of ether oxygens (including phenoxy) is 1. The first kappa shape index (κ1) is 14.7. The van der Waals surface area contributed by atoms with E-state index in [4.69, 9.17) is 4.74 Å². The summed E-state index contributed by atoms with van der Waals surface area (Å²) in [6.07, 6.45) is 0.121. The van der Waals surface area contributed by atoms with Crippen LogP contribution in [0.3, 0.4) is 0 Å². The molecule has 2 rings (SSSR count). The summed E-state index contributed by atoms with van der Waals surface area (Å²) in [6, 6.07) is 0.0940. The van der Waals surface area contributed by atoms with E-state index in [1.165, 1.54) is 0 Å². The standard InChI is InChI=1S/C13H25N3O3/c1-10(2)15-5-6-19-11(8-15)9-16-4-3-14-7-12(16)13(17)18/h10-12,14H,3-9H2,1-2H3,(H,17,18). The quantitative estimate of drug-likeness (QED) is 0.715. The summed E-state index contributed by atoms with van der Waals surface area (Å²) in [4.78, 5) is 15.7. The van der Waals surface area contributed by atoms with Crippen molar-refractivity contribution in [2.75, 3.05) is 45.9 Å². The van der Waals surface area contributed by atoms with Crippen LogP contribution >= 0.6 is 0 Å². The van der Waals surface area contributed by atoms with Crippen LogP contribution in [0.15, 0.2) is 0 Å². The van der Waals surface area contributed by atoms with Crippen molar-refractivity contribution in [2.45, 2.75) is 32.0 Å². The molecule has 0 amide bonds. The molecule has 2 heterocycles. The lowest BCUT2D eigenvalue weighted by Crippen LogP contribution is -2.58. The lowest BCUT2D eigenvalue weighted by atomic mass is 10.1. The van der Waals surface area contributed by atoms with E-state index in [0.29, 0.717) is 19.1 Å². The monoisotopic (exact) mass is 271 g/mol. The fourth-order valence-electron chi connectivity index (χ4n) is 2.79. The normalized spacial score (nSPS) is 30.7. The lowest BCUT2D eigenvalue weighted by molar-refractivity contribution is -0.145. The van der Waals surface area contributed by atoms with Gasteiger partial charge in [0.15, 0.2) is 0 Å². The molecule has 0 radical (unpaired) electrons. The highest BCUT2D eigenvalue weighted by molar-refractivity contribution is 5.74. The Morgan fingerprint density at radius 3 is 2.95 bits per heavy atom. The fourth-order valence-corrected chi connectivity index (χ4v) is 2.79. The first-order valence-electron chi connectivity index (χ1n) is 7.11. The van der Waals surface area contributed by atoms with Crippen LogP contribution in [0.5, 0.6) is 0 Å². The van der Waals surface area contributed by atoms with Gasteiger partial charge in [0.05, 0.1) is 12.7 Å². The second kappa shape index (κ2) is 6.65. The van der Waals surface area contributed by atoms with Gasteiger partial charge in [-0.15, -0.1) is 0 Å². The predicted octanol–water partition coefficient (Wildman–Crippen LogP) is -0.546. The summed E-state index contributed by atoms with van der Waals surface area (Å²) in [6.45, 7) is 9.85. The Morgan fingerprint density at radius 2 is 2.26 bits per heavy atom. The predicted molar refractivity (Wildman–Crippen MR) is 72.3 cm³/mol. The number of hydrogen-bond donors (Lipinski definition) is 2. The largest absolute Gasteiger partial charge is 0.480 e. The van der Waals surface area contributed by atoms with Gasteiger partial charge in [-0.25, -0.2) is 0 Å². The van der Waals surface area contributed by atoms with Gasteiger partial charge in [-0.3, -0.25) is 14.6 Å². The number of hydrogen-bond acceptors (Lipinski definition) is 5. The molecule has 0 saturated carbocycles. The topological polar surface area (TPSA) is 65.0 Å². The molecular formula is C13H25N3O3. The van der Waals surface area contributed by atoms with E-state index in [1.54, 1.807) is 0 Å². The van der Waals surface area contributed by atoms with Crippen LogP contribution < -0.4 is 5.32 Å². The highest BCUT2D eigenvalue weighted by Crippen LogP contribution is 2.12. The molecule has 0 bridgehead atoms. The Labute approximate surface area is 114 Å². The van der Waals surface area contributed by atoms with Gasteiger partial charge in [-0.2, -0.15) is 0 Å². The molecule has 2 saturated heterocycles. The van der Waals surface area contributed by atoms with Gasteiger partial charge in [-0.1, -0.05) is 0 Å². The minimum Gasteiger partial charge on any atom is -0.480 e. The number of nitrogens with one attached hydrogen (secondary N) is 1. The van der Waals surface area contributed by atoms with Gasteiger partial charge < -0.3 is 15.2 Å². The zero-order chi connectivity index (χ0) is 13.8. The number of morpholine rings is 1. The Bertz CT molecular complexity index is 312. The van der Waals surface area contributed by atoms with Crippen molar-refractivity contribution in [2.24, 2.45) is 0 Å². The average molecular weight is 271 g/mol. The van der Waals surface area contributed by atoms with E-state index in [1.807, 2.05) is 4.90 Å². The molecule has 19 heavy (non-hydrogen) atoms. The summed E-state index contributed by atoms with van der Waals surface area (Å²) < 4.78 is 5.79. The molecule has 110 valence electrons. The summed E-state index contributed by atoms with van der Waals surface area (Å²) in [5, 5.41) is 12.4. The van der Waals surface area contributed by atoms with Crippen LogP contribution in [-0.4, -0.2) is 84.9 Å². The van der Waals surface area contributed by atoms with Crippen molar-refractivity contribution in [3.63, 3.8) is 0 Å². The third-order valence-corrected chi connectivity index (χ3v) is 3.98. The number of piperazine rings is 1. The van der Waals surface area contributed by atoms with Gasteiger partial charge in [-0.05, 0) is 13.8 Å². The van der Waals surface area contributed by atoms with Crippen LogP contribution in [0.4, 0.5) is 0 Å². The first-order valence-corrected chi connectivity index (χ1v) is 7.11. The maximum Gasteiger partial charge on any atom is 0.322 e. The highest BCUT2D eigenvalue weighted by atomic mass is 16.5. The van der Waals surface area contributed by atoms with Gasteiger partial charge >= 0.3 is 5.97 Å². The fraction of sp³-hybridized carbons (Fsp3) is 0.923. The Balaban J connectivity index is 1.89. The lowest BCUT2D eigenvalue weighted by Gasteiger charge is -2.40. The molecule has 2 N–H and O–H groups in total. The summed E-state index contributed by atoms with van der Waals surface area (Å²) >= 11 is 0. The van der Waals surface area contributed by atoms with Crippen LogP contribution in [0.2, 0.25) is 0 Å². The van der Waals surface area contributed by atoms with E-state index in [-0.39, 0.29) is 6.10 Å². The van der Waals surface area contributed by atoms with E-state index in [2.05, 4.69) is 24.1 Å². The van der Waals surface area contributed by atoms with E-state index in [9.17, 15) is 9.90 Å². The summed E-state index contributed by atoms with van der Waals surface area (Å²) in [5.74, 6) is -0.747. The first-order chi connectivity index (χ1) is 9.08. The van der Waals surface area contributed by atoms with Crippen molar-refractivity contribution in [1.82, 2.24) is 15.1 Å². The number of carboxylic acid groups (broad SMARTS) is 1. The van der Waals surface area contributed by atoms with E-state index in [0.717, 1.165) is 32.8 Å². The zero-order valence-electron chi connectivity index (χ0n) is 11.8. The Morgan fingerprint density at radius 1 is 1.47 bits per heavy atom. The molecular weight excluding hydrogens is 246 g/mol. The number of nitrogens with zero attached hydrogens (tertiary/aromatic N) is 2. The van der Waals surface area contributed by atoms with Gasteiger partial charge in [0.1, 0.15) is 6.04 Å². The molecule has 0 aliphatic carbocycles. The molecule has 2 atom stereocenters. The number of carbonyl (C=O) groups is 1. The molecule has 6 nitrogen and oxygen atoms in total. The molecule has 2 aliphatic rings. The number of carboxylic acids is 1. The van der Waals surface area contributed by atoms with Crippen molar-refractivity contribution >= 4 is 5.97 Å². The maximum absolute atomic E-state index is 11.2. The molecule has 0 aromatic heterocycles. The maximum atomic E-state index is 11.2. The number of aliphatic carboxylic acids is 1. The molecule has 2 unspecified atom stereocenters. The van der Waals surface area contributed by atoms with Crippen LogP contribution in [0.1, 0.15) is 13.8 Å². The molecule has 0 spiro atoms. The highest BCUT2D eigenvalue weighted by Gasteiger charge is 2.32. The SMILES string of the molecule is CC(C)N1CCOC(CN2CCNCC2C(=O)O)C1. The van der Waals surface area contributed by atoms with Gasteiger partial charge in [0, 0.05) is 45.3 Å². The Hall–Kier alpha value is -0.690. The van der Waals surface area contributed by atoms with Crippen molar-refractivity contribution in [3.05, 3.63) is 0 Å². The average Bonchev–Trinajstić information content (AvgIpc) is 2.39. The van der Waals surface area contributed by atoms with Crippen molar-refractivity contribution in [1.29, 1.82) is 0 Å². The molecule has 0 aromatic carbocycles. The molecule has 2 aliphatic heterocycles. The zero-order valence-corrected chi connectivity index (χ0v) is 11.8. The minimum atomic E-state index is -0.747. The van der Waals surface area contributed by atoms with Gasteiger partial charge in [0.25, 0.3) is 0 Å². The van der Waals surface area contributed by atoms with E-state index < -0.39 is 12.0 Å².